The van der Waals surface area contributed by atoms with Gasteiger partial charge in [-0.05, 0) is 45.1 Å². The Hall–Kier alpha value is -1.27. The molecule has 176 valence electrons. The Bertz CT molecular complexity index is 730. The second kappa shape index (κ2) is 11.0. The van der Waals surface area contributed by atoms with Gasteiger partial charge in [-0.1, -0.05) is 6.07 Å². The van der Waals surface area contributed by atoms with Crippen molar-refractivity contribution in [2.75, 3.05) is 72.0 Å². The van der Waals surface area contributed by atoms with E-state index >= 15 is 0 Å². The number of guanidine groups is 1. The Kier molecular flexibility index (Phi) is 9.26. The minimum absolute atomic E-state index is 0. The molecule has 2 aliphatic heterocycles. The Morgan fingerprint density at radius 2 is 1.81 bits per heavy atom. The molecule has 0 atom stereocenters. The van der Waals surface area contributed by atoms with Gasteiger partial charge < -0.3 is 24.8 Å². The fourth-order valence-corrected chi connectivity index (χ4v) is 4.16. The lowest BCUT2D eigenvalue weighted by molar-refractivity contribution is -0.137. The number of likely N-dealkylation sites (N-methyl/N-ethyl adjacent to an activating group) is 1. The molecule has 2 aliphatic rings. The number of benzene rings is 1. The van der Waals surface area contributed by atoms with E-state index in [1.54, 1.807) is 13.1 Å². The smallest absolute Gasteiger partial charge is 0.381 e. The second-order valence-corrected chi connectivity index (χ2v) is 8.15. The van der Waals surface area contributed by atoms with Crippen molar-refractivity contribution < 1.29 is 17.9 Å². The first-order valence-electron chi connectivity index (χ1n) is 10.4. The van der Waals surface area contributed by atoms with Crippen molar-refractivity contribution in [3.8, 4) is 0 Å². The molecule has 6 nitrogen and oxygen atoms in total. The molecule has 0 radical (unpaired) electrons. The summed E-state index contributed by atoms with van der Waals surface area (Å²) < 4.78 is 44.6. The molecule has 1 N–H and O–H groups in total. The lowest BCUT2D eigenvalue weighted by Crippen LogP contribution is -2.59. The van der Waals surface area contributed by atoms with E-state index in [2.05, 4.69) is 34.2 Å². The molecule has 0 unspecified atom stereocenters. The zero-order valence-electron chi connectivity index (χ0n) is 18.4. The van der Waals surface area contributed by atoms with E-state index in [0.717, 1.165) is 44.6 Å². The number of halogens is 4. The molecule has 2 heterocycles. The zero-order chi connectivity index (χ0) is 21.8. The topological polar surface area (TPSA) is 43.3 Å². The third-order valence-electron chi connectivity index (χ3n) is 6.28. The van der Waals surface area contributed by atoms with E-state index in [9.17, 15) is 13.2 Å². The number of alkyl halides is 3. The molecule has 2 fully saturated rings. The van der Waals surface area contributed by atoms with Crippen LogP contribution in [0.2, 0.25) is 0 Å². The maximum Gasteiger partial charge on any atom is 0.416 e. The largest absolute Gasteiger partial charge is 0.416 e. The van der Waals surface area contributed by atoms with Gasteiger partial charge in [0, 0.05) is 64.2 Å². The molecular formula is C21H33F3IN5O. The average molecular weight is 555 g/mol. The molecule has 3 rings (SSSR count). The monoisotopic (exact) mass is 555 g/mol. The molecular weight excluding hydrogens is 522 g/mol. The van der Waals surface area contributed by atoms with E-state index < -0.39 is 11.7 Å². The van der Waals surface area contributed by atoms with Gasteiger partial charge >= 0.3 is 6.18 Å². The van der Waals surface area contributed by atoms with Gasteiger partial charge in [0.15, 0.2) is 5.96 Å². The first kappa shape index (κ1) is 26.0. The number of piperazine rings is 1. The fraction of sp³-hybridized carbons (Fsp3) is 0.667. The summed E-state index contributed by atoms with van der Waals surface area (Å²) in [4.78, 5) is 10.9. The van der Waals surface area contributed by atoms with Crippen LogP contribution in [0.1, 0.15) is 18.4 Å². The lowest BCUT2D eigenvalue weighted by Gasteiger charge is -2.44. The van der Waals surface area contributed by atoms with Crippen LogP contribution >= 0.6 is 24.0 Å². The highest BCUT2D eigenvalue weighted by atomic mass is 127. The van der Waals surface area contributed by atoms with Crippen LogP contribution in [0.15, 0.2) is 29.3 Å². The number of rotatable bonds is 4. The summed E-state index contributed by atoms with van der Waals surface area (Å²) in [6.45, 7) is 5.00. The molecule has 0 amide bonds. The Labute approximate surface area is 199 Å². The molecule has 0 spiro atoms. The first-order chi connectivity index (χ1) is 14.2. The number of anilines is 1. The Balaban J connectivity index is 0.00000341. The SMILES string of the molecule is CN=C(NCC1(N(C)C)CCOCC1)N1CCN(c2cccc(C(F)(F)F)c2)CC1.I. The van der Waals surface area contributed by atoms with Gasteiger partial charge in [-0.15, -0.1) is 24.0 Å². The minimum Gasteiger partial charge on any atom is -0.381 e. The highest BCUT2D eigenvalue weighted by Gasteiger charge is 2.35. The van der Waals surface area contributed by atoms with E-state index in [4.69, 9.17) is 4.74 Å². The van der Waals surface area contributed by atoms with Crippen LogP contribution in [0.4, 0.5) is 18.9 Å². The van der Waals surface area contributed by atoms with Crippen molar-refractivity contribution in [3.63, 3.8) is 0 Å². The van der Waals surface area contributed by atoms with Gasteiger partial charge in [-0.3, -0.25) is 4.99 Å². The van der Waals surface area contributed by atoms with E-state index in [1.165, 1.54) is 12.1 Å². The van der Waals surface area contributed by atoms with Crippen LogP contribution in [0.5, 0.6) is 0 Å². The third-order valence-corrected chi connectivity index (χ3v) is 6.28. The number of nitrogens with zero attached hydrogens (tertiary/aromatic N) is 4. The molecule has 0 aliphatic carbocycles. The van der Waals surface area contributed by atoms with Crippen LogP contribution in [0.25, 0.3) is 0 Å². The number of aliphatic imine (C=N–C) groups is 1. The molecule has 2 saturated heterocycles. The van der Waals surface area contributed by atoms with Crippen molar-refractivity contribution in [1.29, 1.82) is 0 Å². The predicted molar refractivity (Wildman–Crippen MR) is 128 cm³/mol. The highest BCUT2D eigenvalue weighted by molar-refractivity contribution is 14.0. The predicted octanol–water partition coefficient (Wildman–Crippen LogP) is 3.13. The van der Waals surface area contributed by atoms with Crippen LogP contribution in [-0.2, 0) is 10.9 Å². The van der Waals surface area contributed by atoms with Crippen LogP contribution in [0, 0.1) is 0 Å². The standard InChI is InChI=1S/C21H32F3N5O.HI/c1-25-19(26-16-20(27(2)3)7-13-30-14-8-20)29-11-9-28(10-12-29)18-6-4-5-17(15-18)21(22,23)24;/h4-6,15H,7-14,16H2,1-3H3,(H,25,26);1H. The summed E-state index contributed by atoms with van der Waals surface area (Å²) >= 11 is 0. The van der Waals surface area contributed by atoms with E-state index in [0.29, 0.717) is 31.9 Å². The van der Waals surface area contributed by atoms with Crippen molar-refractivity contribution in [3.05, 3.63) is 29.8 Å². The average Bonchev–Trinajstić information content (AvgIpc) is 2.75. The molecule has 0 aromatic heterocycles. The number of hydrogen-bond acceptors (Lipinski definition) is 4. The minimum atomic E-state index is -4.32. The zero-order valence-corrected chi connectivity index (χ0v) is 20.7. The molecule has 10 heteroatoms. The third kappa shape index (κ3) is 6.38. The molecule has 1 aromatic rings. The molecule has 31 heavy (non-hydrogen) atoms. The summed E-state index contributed by atoms with van der Waals surface area (Å²) in [5.74, 6) is 0.839. The van der Waals surface area contributed by atoms with Crippen LogP contribution in [-0.4, -0.2) is 88.4 Å². The molecule has 0 saturated carbocycles. The number of nitrogens with one attached hydrogen (secondary N) is 1. The van der Waals surface area contributed by atoms with Crippen molar-refractivity contribution in [2.45, 2.75) is 24.6 Å². The number of hydrogen-bond donors (Lipinski definition) is 1. The normalized spacial score (nSPS) is 19.9. The summed E-state index contributed by atoms with van der Waals surface area (Å²) in [6.07, 6.45) is -2.39. The van der Waals surface area contributed by atoms with E-state index in [1.807, 2.05) is 4.90 Å². The van der Waals surface area contributed by atoms with E-state index in [-0.39, 0.29) is 29.5 Å². The Morgan fingerprint density at radius 3 is 2.35 bits per heavy atom. The Morgan fingerprint density at radius 1 is 1.16 bits per heavy atom. The maximum atomic E-state index is 13.0. The fourth-order valence-electron chi connectivity index (χ4n) is 4.16. The van der Waals surface area contributed by atoms with Crippen molar-refractivity contribution >= 4 is 35.6 Å². The summed E-state index contributed by atoms with van der Waals surface area (Å²) in [5.41, 5.74) is 0.0418. The quantitative estimate of drug-likeness (QED) is 0.352. The second-order valence-electron chi connectivity index (χ2n) is 8.15. The van der Waals surface area contributed by atoms with Gasteiger partial charge in [-0.2, -0.15) is 13.2 Å². The van der Waals surface area contributed by atoms with Gasteiger partial charge in [-0.25, -0.2) is 0 Å². The van der Waals surface area contributed by atoms with Crippen molar-refractivity contribution in [2.24, 2.45) is 4.99 Å². The summed E-state index contributed by atoms with van der Waals surface area (Å²) in [7, 11) is 5.97. The van der Waals surface area contributed by atoms with Gasteiger partial charge in [0.25, 0.3) is 0 Å². The number of ether oxygens (including phenoxy) is 1. The van der Waals surface area contributed by atoms with Crippen LogP contribution < -0.4 is 10.2 Å². The van der Waals surface area contributed by atoms with Crippen molar-refractivity contribution in [1.82, 2.24) is 15.1 Å². The summed E-state index contributed by atoms with van der Waals surface area (Å²) in [6, 6.07) is 5.56. The van der Waals surface area contributed by atoms with Crippen LogP contribution in [0.3, 0.4) is 0 Å². The molecule has 1 aromatic carbocycles. The first-order valence-corrected chi connectivity index (χ1v) is 10.4. The van der Waals surface area contributed by atoms with Gasteiger partial charge in [0.05, 0.1) is 5.56 Å². The lowest BCUT2D eigenvalue weighted by atomic mass is 9.88. The molecule has 0 bridgehead atoms. The van der Waals surface area contributed by atoms with Gasteiger partial charge in [0.2, 0.25) is 0 Å². The van der Waals surface area contributed by atoms with Gasteiger partial charge in [0.1, 0.15) is 0 Å². The summed E-state index contributed by atoms with van der Waals surface area (Å²) in [5, 5.41) is 3.53. The maximum absolute atomic E-state index is 13.0. The highest BCUT2D eigenvalue weighted by Crippen LogP contribution is 2.32.